The fourth-order valence-electron chi connectivity index (χ4n) is 2.17. The minimum absolute atomic E-state index is 0.0395. The quantitative estimate of drug-likeness (QED) is 0.839. The Morgan fingerprint density at radius 1 is 1.59 bits per heavy atom. The molecule has 0 spiro atoms. The van der Waals surface area contributed by atoms with Crippen LogP contribution in [0.25, 0.3) is 0 Å². The Bertz CT molecular complexity index is 434. The van der Waals surface area contributed by atoms with Crippen LogP contribution in [0.5, 0.6) is 0 Å². The van der Waals surface area contributed by atoms with E-state index in [1.54, 1.807) is 0 Å². The summed E-state index contributed by atoms with van der Waals surface area (Å²) in [5, 5.41) is 12.3. The Kier molecular flexibility index (Phi) is 3.00. The second-order valence-electron chi connectivity index (χ2n) is 5.17. The first kappa shape index (κ1) is 12.2. The van der Waals surface area contributed by atoms with E-state index in [4.69, 9.17) is 4.42 Å². The second-order valence-corrected chi connectivity index (χ2v) is 5.17. The Morgan fingerprint density at radius 2 is 2.24 bits per heavy atom. The summed E-state index contributed by atoms with van der Waals surface area (Å²) < 4.78 is 5.37. The lowest BCUT2D eigenvalue weighted by atomic mass is 9.96. The lowest BCUT2D eigenvalue weighted by Crippen LogP contribution is -2.50. The highest BCUT2D eigenvalue weighted by Crippen LogP contribution is 2.39. The Balaban J connectivity index is 2.13. The minimum Gasteiger partial charge on any atom is -0.456 e. The molecule has 1 heterocycles. The first-order valence-corrected chi connectivity index (χ1v) is 5.96. The van der Waals surface area contributed by atoms with Gasteiger partial charge in [-0.2, -0.15) is 0 Å². The van der Waals surface area contributed by atoms with Crippen LogP contribution in [0, 0.1) is 19.8 Å². The smallest absolute Gasteiger partial charge is 0.287 e. The lowest BCUT2D eigenvalue weighted by molar-refractivity contribution is 0.0795. The highest BCUT2D eigenvalue weighted by Gasteiger charge is 2.42. The average molecular weight is 237 g/mol. The van der Waals surface area contributed by atoms with Crippen LogP contribution in [-0.2, 0) is 0 Å². The molecule has 1 fully saturated rings. The Labute approximate surface area is 101 Å². The third-order valence-corrected chi connectivity index (χ3v) is 3.45. The van der Waals surface area contributed by atoms with Gasteiger partial charge in [-0.1, -0.05) is 0 Å². The molecule has 17 heavy (non-hydrogen) atoms. The first-order chi connectivity index (χ1) is 7.96. The fraction of sp³-hybridized carbons (Fsp3) is 0.615. The van der Waals surface area contributed by atoms with Gasteiger partial charge in [-0.3, -0.25) is 4.79 Å². The summed E-state index contributed by atoms with van der Waals surface area (Å²) in [6.07, 6.45) is 2.13. The van der Waals surface area contributed by atoms with Gasteiger partial charge in [0.15, 0.2) is 5.76 Å². The summed E-state index contributed by atoms with van der Waals surface area (Å²) in [5.41, 5.74) is 0.306. The molecule has 2 N–H and O–H groups in total. The number of hydrogen-bond acceptors (Lipinski definition) is 3. The topological polar surface area (TPSA) is 62.5 Å². The number of aryl methyl sites for hydroxylation is 2. The highest BCUT2D eigenvalue weighted by atomic mass is 16.3. The fourth-order valence-corrected chi connectivity index (χ4v) is 2.17. The molecule has 1 amide bonds. The monoisotopic (exact) mass is 237 g/mol. The molecule has 1 aromatic rings. The van der Waals surface area contributed by atoms with Gasteiger partial charge < -0.3 is 14.8 Å². The van der Waals surface area contributed by atoms with Crippen LogP contribution in [-0.4, -0.2) is 23.2 Å². The molecule has 1 aliphatic rings. The predicted octanol–water partition coefficient (Wildman–Crippen LogP) is 1.79. The van der Waals surface area contributed by atoms with Crippen molar-refractivity contribution in [1.29, 1.82) is 0 Å². The SMILES string of the molecule is Cc1cc(C)c(C(=O)NC(C)(CO)C2CC2)o1. The molecule has 1 unspecified atom stereocenters. The van der Waals surface area contributed by atoms with Crippen molar-refractivity contribution in [2.45, 2.75) is 39.2 Å². The van der Waals surface area contributed by atoms with Crippen LogP contribution in [0.1, 0.15) is 41.6 Å². The molecule has 2 rings (SSSR count). The van der Waals surface area contributed by atoms with Crippen molar-refractivity contribution in [3.05, 3.63) is 23.2 Å². The summed E-state index contributed by atoms with van der Waals surface area (Å²) in [4.78, 5) is 12.1. The molecule has 1 aromatic heterocycles. The standard InChI is InChI=1S/C13H19NO3/c1-8-6-9(2)17-11(8)12(16)14-13(3,7-15)10-4-5-10/h6,10,15H,4-5,7H2,1-3H3,(H,14,16). The summed E-state index contributed by atoms with van der Waals surface area (Å²) in [7, 11) is 0. The normalized spacial score (nSPS) is 18.8. The first-order valence-electron chi connectivity index (χ1n) is 5.96. The molecule has 1 saturated carbocycles. The van der Waals surface area contributed by atoms with Crippen LogP contribution >= 0.6 is 0 Å². The van der Waals surface area contributed by atoms with Crippen molar-refractivity contribution in [3.63, 3.8) is 0 Å². The zero-order valence-electron chi connectivity index (χ0n) is 10.5. The number of carbonyl (C=O) groups excluding carboxylic acids is 1. The van der Waals surface area contributed by atoms with Gasteiger partial charge in [0.05, 0.1) is 12.1 Å². The number of furan rings is 1. The Hall–Kier alpha value is -1.29. The number of amides is 1. The third-order valence-electron chi connectivity index (χ3n) is 3.45. The van der Waals surface area contributed by atoms with Crippen LogP contribution < -0.4 is 5.32 Å². The maximum atomic E-state index is 12.1. The molecule has 4 nitrogen and oxygen atoms in total. The van der Waals surface area contributed by atoms with Gasteiger partial charge in [0.2, 0.25) is 0 Å². The van der Waals surface area contributed by atoms with Crippen molar-refractivity contribution in [1.82, 2.24) is 5.32 Å². The Morgan fingerprint density at radius 3 is 2.65 bits per heavy atom. The van der Waals surface area contributed by atoms with Gasteiger partial charge >= 0.3 is 0 Å². The van der Waals surface area contributed by atoms with E-state index in [1.807, 2.05) is 26.8 Å². The van der Waals surface area contributed by atoms with E-state index in [9.17, 15) is 9.90 Å². The number of rotatable bonds is 4. The largest absolute Gasteiger partial charge is 0.456 e. The van der Waals surface area contributed by atoms with Gasteiger partial charge in [-0.05, 0) is 45.6 Å². The van der Waals surface area contributed by atoms with Crippen molar-refractivity contribution in [2.75, 3.05) is 6.61 Å². The molecular weight excluding hydrogens is 218 g/mol. The van der Waals surface area contributed by atoms with Crippen LogP contribution in [0.3, 0.4) is 0 Å². The summed E-state index contributed by atoms with van der Waals surface area (Å²) in [6, 6.07) is 1.84. The van der Waals surface area contributed by atoms with Gasteiger partial charge in [0, 0.05) is 5.56 Å². The molecule has 0 radical (unpaired) electrons. The van der Waals surface area contributed by atoms with Crippen molar-refractivity contribution in [2.24, 2.45) is 5.92 Å². The van der Waals surface area contributed by atoms with E-state index in [0.29, 0.717) is 11.7 Å². The maximum Gasteiger partial charge on any atom is 0.287 e. The van der Waals surface area contributed by atoms with Crippen molar-refractivity contribution >= 4 is 5.91 Å². The summed E-state index contributed by atoms with van der Waals surface area (Å²) >= 11 is 0. The van der Waals surface area contributed by atoms with Gasteiger partial charge in [0.25, 0.3) is 5.91 Å². The van der Waals surface area contributed by atoms with Crippen molar-refractivity contribution < 1.29 is 14.3 Å². The molecule has 1 atom stereocenters. The lowest BCUT2D eigenvalue weighted by Gasteiger charge is -2.28. The molecular formula is C13H19NO3. The van der Waals surface area contributed by atoms with Gasteiger partial charge in [-0.25, -0.2) is 0 Å². The number of hydrogen-bond donors (Lipinski definition) is 2. The zero-order valence-corrected chi connectivity index (χ0v) is 10.5. The third kappa shape index (κ3) is 2.36. The number of carbonyl (C=O) groups is 1. The van der Waals surface area contributed by atoms with E-state index < -0.39 is 5.54 Å². The van der Waals surface area contributed by atoms with Crippen LogP contribution in [0.15, 0.2) is 10.5 Å². The van der Waals surface area contributed by atoms with Crippen LogP contribution in [0.4, 0.5) is 0 Å². The maximum absolute atomic E-state index is 12.1. The molecule has 0 aromatic carbocycles. The summed E-state index contributed by atoms with van der Waals surface area (Å²) in [6.45, 7) is 5.50. The van der Waals surface area contributed by atoms with E-state index in [2.05, 4.69) is 5.32 Å². The predicted molar refractivity (Wildman–Crippen MR) is 63.9 cm³/mol. The highest BCUT2D eigenvalue weighted by molar-refractivity contribution is 5.93. The summed E-state index contributed by atoms with van der Waals surface area (Å²) in [5.74, 6) is 1.22. The molecule has 1 aliphatic carbocycles. The number of aliphatic hydroxyl groups excluding tert-OH is 1. The zero-order chi connectivity index (χ0) is 12.6. The van der Waals surface area contributed by atoms with Crippen molar-refractivity contribution in [3.8, 4) is 0 Å². The molecule has 0 aliphatic heterocycles. The molecule has 0 bridgehead atoms. The number of aliphatic hydroxyl groups is 1. The molecule has 94 valence electrons. The van der Waals surface area contributed by atoms with E-state index in [1.165, 1.54) is 0 Å². The van der Waals surface area contributed by atoms with E-state index >= 15 is 0 Å². The molecule has 0 saturated heterocycles. The van der Waals surface area contributed by atoms with E-state index in [0.717, 1.165) is 24.2 Å². The second kappa shape index (κ2) is 4.18. The molecule has 4 heteroatoms. The van der Waals surface area contributed by atoms with Gasteiger partial charge in [0.1, 0.15) is 5.76 Å². The van der Waals surface area contributed by atoms with E-state index in [-0.39, 0.29) is 12.5 Å². The average Bonchev–Trinajstić information content (AvgIpc) is 3.05. The number of nitrogens with one attached hydrogen (secondary N) is 1. The van der Waals surface area contributed by atoms with Crippen LogP contribution in [0.2, 0.25) is 0 Å². The minimum atomic E-state index is -0.524. The van der Waals surface area contributed by atoms with Gasteiger partial charge in [-0.15, -0.1) is 0 Å².